The summed E-state index contributed by atoms with van der Waals surface area (Å²) in [6.45, 7) is 1.56. The van der Waals surface area contributed by atoms with Gasteiger partial charge in [-0.25, -0.2) is 4.57 Å². The maximum absolute atomic E-state index is 10.5. The second-order valence-electron chi connectivity index (χ2n) is 2.79. The molecule has 2 N–H and O–H groups in total. The van der Waals surface area contributed by atoms with Crippen molar-refractivity contribution in [3.05, 3.63) is 34.9 Å². The molecule has 0 saturated carbocycles. The topological polar surface area (TPSA) is 66.8 Å². The molecule has 78 valence electrons. The molecule has 1 rings (SSSR count). The standard InChI is InChI=1S/C8H10ClO4P/c1-6(13-14(10,11)12)7-2-4-8(9)5-3-7/h2-6H,1H3,(H2,10,11,12)/t6-/m0/s1. The second kappa shape index (κ2) is 4.43. The maximum Gasteiger partial charge on any atom is 0.470 e. The van der Waals surface area contributed by atoms with E-state index in [1.807, 2.05) is 0 Å². The number of rotatable bonds is 3. The van der Waals surface area contributed by atoms with Gasteiger partial charge in [-0.2, -0.15) is 0 Å². The molecular formula is C8H10ClO4P. The first kappa shape index (κ1) is 11.7. The fourth-order valence-electron chi connectivity index (χ4n) is 1.00. The molecule has 0 saturated heterocycles. The smallest absolute Gasteiger partial charge is 0.303 e. The molecule has 4 nitrogen and oxygen atoms in total. The third-order valence-corrected chi connectivity index (χ3v) is 2.48. The highest BCUT2D eigenvalue weighted by Crippen LogP contribution is 2.42. The molecule has 1 aromatic carbocycles. The van der Waals surface area contributed by atoms with Crippen LogP contribution in [0.4, 0.5) is 0 Å². The molecule has 0 spiro atoms. The van der Waals surface area contributed by atoms with E-state index < -0.39 is 13.9 Å². The first-order valence-corrected chi connectivity index (χ1v) is 5.79. The molecule has 0 heterocycles. The largest absolute Gasteiger partial charge is 0.470 e. The van der Waals surface area contributed by atoms with Crippen LogP contribution in [-0.4, -0.2) is 9.79 Å². The third-order valence-electron chi connectivity index (χ3n) is 1.63. The van der Waals surface area contributed by atoms with E-state index in [0.717, 1.165) is 0 Å². The highest BCUT2D eigenvalue weighted by molar-refractivity contribution is 7.46. The molecule has 0 radical (unpaired) electrons. The van der Waals surface area contributed by atoms with Gasteiger partial charge in [0.2, 0.25) is 0 Å². The minimum absolute atomic E-state index is 0.567. The van der Waals surface area contributed by atoms with Gasteiger partial charge in [0, 0.05) is 5.02 Å². The molecular weight excluding hydrogens is 227 g/mol. The van der Waals surface area contributed by atoms with Gasteiger partial charge in [-0.3, -0.25) is 4.52 Å². The van der Waals surface area contributed by atoms with Crippen molar-refractivity contribution in [2.24, 2.45) is 0 Å². The number of hydrogen-bond acceptors (Lipinski definition) is 2. The van der Waals surface area contributed by atoms with Crippen molar-refractivity contribution in [3.63, 3.8) is 0 Å². The van der Waals surface area contributed by atoms with Crippen LogP contribution in [0.5, 0.6) is 0 Å². The highest BCUT2D eigenvalue weighted by Gasteiger charge is 2.19. The minimum atomic E-state index is -4.43. The van der Waals surface area contributed by atoms with Gasteiger partial charge >= 0.3 is 7.82 Å². The van der Waals surface area contributed by atoms with Gasteiger partial charge < -0.3 is 9.79 Å². The van der Waals surface area contributed by atoms with Gasteiger partial charge in [0.1, 0.15) is 0 Å². The lowest BCUT2D eigenvalue weighted by molar-refractivity contribution is 0.146. The number of phosphoric ester groups is 1. The summed E-state index contributed by atoms with van der Waals surface area (Å²) >= 11 is 5.66. The molecule has 1 atom stereocenters. The molecule has 0 aliphatic heterocycles. The van der Waals surface area contributed by atoms with Crippen LogP contribution in [0.15, 0.2) is 24.3 Å². The Bertz CT molecular complexity index is 345. The van der Waals surface area contributed by atoms with Crippen LogP contribution in [-0.2, 0) is 9.09 Å². The van der Waals surface area contributed by atoms with E-state index >= 15 is 0 Å². The minimum Gasteiger partial charge on any atom is -0.303 e. The summed E-state index contributed by atoms with van der Waals surface area (Å²) in [5, 5.41) is 0.567. The summed E-state index contributed by atoms with van der Waals surface area (Å²) in [6.07, 6.45) is -0.659. The molecule has 0 amide bonds. The Kier molecular flexibility index (Phi) is 3.70. The van der Waals surface area contributed by atoms with Gasteiger partial charge in [-0.05, 0) is 24.6 Å². The normalized spacial score (nSPS) is 14.0. The Hall–Kier alpha value is -0.380. The molecule has 6 heteroatoms. The lowest BCUT2D eigenvalue weighted by atomic mass is 10.1. The Morgan fingerprint density at radius 3 is 2.29 bits per heavy atom. The summed E-state index contributed by atoms with van der Waals surface area (Å²) in [4.78, 5) is 17.1. The Morgan fingerprint density at radius 2 is 1.86 bits per heavy atom. The quantitative estimate of drug-likeness (QED) is 0.792. The molecule has 14 heavy (non-hydrogen) atoms. The number of phosphoric acid groups is 1. The third kappa shape index (κ3) is 3.78. The summed E-state index contributed by atoms with van der Waals surface area (Å²) in [6, 6.07) is 6.58. The first-order valence-electron chi connectivity index (χ1n) is 3.88. The number of halogens is 1. The molecule has 0 unspecified atom stereocenters. The zero-order chi connectivity index (χ0) is 10.8. The Morgan fingerprint density at radius 1 is 1.36 bits per heavy atom. The first-order chi connectivity index (χ1) is 6.38. The van der Waals surface area contributed by atoms with Crippen LogP contribution in [0.2, 0.25) is 5.02 Å². The molecule has 1 aromatic rings. The van der Waals surface area contributed by atoms with E-state index in [-0.39, 0.29) is 0 Å². The van der Waals surface area contributed by atoms with Crippen molar-refractivity contribution in [2.45, 2.75) is 13.0 Å². The Labute approximate surface area is 86.7 Å². The average molecular weight is 237 g/mol. The lowest BCUT2D eigenvalue weighted by Crippen LogP contribution is -1.97. The predicted molar refractivity (Wildman–Crippen MR) is 53.0 cm³/mol. The summed E-state index contributed by atoms with van der Waals surface area (Å²) in [5.74, 6) is 0. The second-order valence-corrected chi connectivity index (χ2v) is 4.42. The molecule has 0 aromatic heterocycles. The lowest BCUT2D eigenvalue weighted by Gasteiger charge is -2.13. The van der Waals surface area contributed by atoms with Gasteiger partial charge in [0.05, 0.1) is 6.10 Å². The zero-order valence-corrected chi connectivity index (χ0v) is 9.07. The van der Waals surface area contributed by atoms with Crippen molar-refractivity contribution >= 4 is 19.4 Å². The monoisotopic (exact) mass is 236 g/mol. The van der Waals surface area contributed by atoms with E-state index in [0.29, 0.717) is 10.6 Å². The Balaban J connectivity index is 2.75. The summed E-state index contributed by atoms with van der Waals surface area (Å²) in [7, 11) is -4.43. The highest BCUT2D eigenvalue weighted by atomic mass is 35.5. The van der Waals surface area contributed by atoms with E-state index in [4.69, 9.17) is 21.4 Å². The average Bonchev–Trinajstić information content (AvgIpc) is 2.02. The molecule has 0 bridgehead atoms. The van der Waals surface area contributed by atoms with Crippen molar-refractivity contribution < 1.29 is 18.9 Å². The van der Waals surface area contributed by atoms with Gasteiger partial charge in [-0.1, -0.05) is 23.7 Å². The van der Waals surface area contributed by atoms with Gasteiger partial charge in [0.15, 0.2) is 0 Å². The van der Waals surface area contributed by atoms with Crippen LogP contribution in [0.1, 0.15) is 18.6 Å². The van der Waals surface area contributed by atoms with Crippen LogP contribution in [0.25, 0.3) is 0 Å². The van der Waals surface area contributed by atoms with E-state index in [1.54, 1.807) is 31.2 Å². The molecule has 0 aliphatic carbocycles. The van der Waals surface area contributed by atoms with E-state index in [2.05, 4.69) is 4.52 Å². The zero-order valence-electron chi connectivity index (χ0n) is 7.42. The van der Waals surface area contributed by atoms with Crippen molar-refractivity contribution in [2.75, 3.05) is 0 Å². The van der Waals surface area contributed by atoms with Crippen LogP contribution in [0.3, 0.4) is 0 Å². The fourth-order valence-corrected chi connectivity index (χ4v) is 1.66. The molecule has 0 aliphatic rings. The van der Waals surface area contributed by atoms with Crippen LogP contribution in [0, 0.1) is 0 Å². The van der Waals surface area contributed by atoms with Crippen LogP contribution < -0.4 is 0 Å². The summed E-state index contributed by atoms with van der Waals surface area (Å²) in [5.41, 5.74) is 0.665. The van der Waals surface area contributed by atoms with Crippen molar-refractivity contribution in [1.82, 2.24) is 0 Å². The van der Waals surface area contributed by atoms with Crippen molar-refractivity contribution in [3.8, 4) is 0 Å². The van der Waals surface area contributed by atoms with E-state index in [1.165, 1.54) is 0 Å². The predicted octanol–water partition coefficient (Wildman–Crippen LogP) is 2.51. The molecule has 0 fully saturated rings. The fraction of sp³-hybridized carbons (Fsp3) is 0.250. The van der Waals surface area contributed by atoms with Crippen LogP contribution >= 0.6 is 19.4 Å². The van der Waals surface area contributed by atoms with Gasteiger partial charge in [0.25, 0.3) is 0 Å². The van der Waals surface area contributed by atoms with Crippen molar-refractivity contribution in [1.29, 1.82) is 0 Å². The SMILES string of the molecule is C[C@H](OP(=O)(O)O)c1ccc(Cl)cc1. The number of hydrogen-bond donors (Lipinski definition) is 2. The summed E-state index contributed by atoms with van der Waals surface area (Å²) < 4.78 is 15.0. The van der Waals surface area contributed by atoms with E-state index in [9.17, 15) is 4.57 Å². The number of benzene rings is 1. The van der Waals surface area contributed by atoms with Gasteiger partial charge in [-0.15, -0.1) is 0 Å². The maximum atomic E-state index is 10.5.